The summed E-state index contributed by atoms with van der Waals surface area (Å²) in [6.07, 6.45) is 4.93. The molecule has 0 aliphatic rings. The van der Waals surface area contributed by atoms with Crippen LogP contribution in [0.1, 0.15) is 16.1 Å². The van der Waals surface area contributed by atoms with E-state index in [1.165, 1.54) is 11.5 Å². The van der Waals surface area contributed by atoms with Crippen LogP contribution >= 0.6 is 93.0 Å². The van der Waals surface area contributed by atoms with Crippen LogP contribution in [-0.2, 0) is 11.3 Å². The van der Waals surface area contributed by atoms with Gasteiger partial charge in [0.1, 0.15) is 18.2 Å². The predicted molar refractivity (Wildman–Crippen MR) is 189 cm³/mol. The van der Waals surface area contributed by atoms with Crippen molar-refractivity contribution < 1.29 is 14.3 Å². The van der Waals surface area contributed by atoms with Crippen LogP contribution in [0.5, 0.6) is 5.75 Å². The monoisotopic (exact) mass is 984 g/mol. The third-order valence-corrected chi connectivity index (χ3v) is 7.99. The standard InChI is InChI=1S/C17H12BrIN2O4.C5H4BrIN2.C5H5BrN2/c1-24-17(23)13-14(25-9-10-5-3-2-4-6-10)16(22)21-8-11(18)7-12(19)15(21)20-13;6-3-1-4(7)5(8)9-2-3;6-4-1-2-5(7)8-3-4/h2-8H,9H2,1H3;1-2H,(H2,8,9);1-3H,(H2,7,8). The molecule has 4 N–H and O–H groups in total. The summed E-state index contributed by atoms with van der Waals surface area (Å²) < 4.78 is 16.1. The number of nitrogens with zero attached hydrogens (tertiary/aromatic N) is 4. The first-order valence-corrected chi connectivity index (χ1v) is 16.1. The molecule has 0 unspecified atom stereocenters. The quantitative estimate of drug-likeness (QED) is 0.145. The number of nitrogen functional groups attached to an aromatic ring is 2. The van der Waals surface area contributed by atoms with Gasteiger partial charge in [0.2, 0.25) is 5.75 Å². The first-order chi connectivity index (χ1) is 20.0. The molecule has 218 valence electrons. The van der Waals surface area contributed by atoms with Crippen LogP contribution in [-0.4, -0.2) is 32.4 Å². The number of halogens is 5. The molecule has 0 saturated heterocycles. The van der Waals surface area contributed by atoms with E-state index in [4.69, 9.17) is 20.9 Å². The van der Waals surface area contributed by atoms with Gasteiger partial charge in [-0.2, -0.15) is 0 Å². The lowest BCUT2D eigenvalue weighted by atomic mass is 10.2. The van der Waals surface area contributed by atoms with Crippen molar-refractivity contribution in [2.24, 2.45) is 0 Å². The largest absolute Gasteiger partial charge is 0.481 e. The predicted octanol–water partition coefficient (Wildman–Crippen LogP) is 6.88. The van der Waals surface area contributed by atoms with Gasteiger partial charge in [0.05, 0.1) is 14.3 Å². The van der Waals surface area contributed by atoms with Crippen molar-refractivity contribution in [1.29, 1.82) is 0 Å². The maximum Gasteiger partial charge on any atom is 0.360 e. The van der Waals surface area contributed by atoms with Crippen LogP contribution in [0.15, 0.2) is 91.4 Å². The molecule has 4 heterocycles. The number of esters is 1. The van der Waals surface area contributed by atoms with Crippen molar-refractivity contribution in [3.8, 4) is 5.75 Å². The molecule has 4 aromatic heterocycles. The third kappa shape index (κ3) is 9.85. The zero-order chi connectivity index (χ0) is 30.8. The van der Waals surface area contributed by atoms with Gasteiger partial charge in [0.25, 0.3) is 0 Å². The fourth-order valence-corrected chi connectivity index (χ4v) is 6.11. The average molecular weight is 987 g/mol. The molecule has 10 nitrogen and oxygen atoms in total. The Labute approximate surface area is 293 Å². The van der Waals surface area contributed by atoms with Crippen molar-refractivity contribution in [1.82, 2.24) is 19.4 Å². The van der Waals surface area contributed by atoms with Gasteiger partial charge in [0.15, 0.2) is 11.3 Å². The number of carbonyl (C=O) groups excluding carboxylic acids is 1. The molecular formula is C27H21Br3I2N6O4. The Balaban J connectivity index is 0.000000231. The number of nitrogens with two attached hydrogens (primary N) is 2. The average Bonchev–Trinajstić information content (AvgIpc) is 2.97. The Morgan fingerprint density at radius 3 is 2.17 bits per heavy atom. The molecule has 5 aromatic rings. The lowest BCUT2D eigenvalue weighted by molar-refractivity contribution is 0.0588. The van der Waals surface area contributed by atoms with Crippen LogP contribution in [0.4, 0.5) is 11.6 Å². The van der Waals surface area contributed by atoms with Crippen LogP contribution in [0.3, 0.4) is 0 Å². The first-order valence-electron chi connectivity index (χ1n) is 11.6. The molecule has 15 heteroatoms. The summed E-state index contributed by atoms with van der Waals surface area (Å²) in [7, 11) is 1.24. The second kappa shape index (κ2) is 16.5. The third-order valence-electron chi connectivity index (χ3n) is 5.00. The fraction of sp³-hybridized carbons (Fsp3) is 0.0741. The van der Waals surface area contributed by atoms with Gasteiger partial charge in [-0.05, 0) is 123 Å². The highest BCUT2D eigenvalue weighted by Crippen LogP contribution is 2.22. The van der Waals surface area contributed by atoms with Crippen molar-refractivity contribution in [3.05, 3.63) is 115 Å². The minimum absolute atomic E-state index is 0.135. The number of hydrogen-bond acceptors (Lipinski definition) is 9. The van der Waals surface area contributed by atoms with Crippen LogP contribution < -0.4 is 21.8 Å². The number of aromatic nitrogens is 4. The van der Waals surface area contributed by atoms with E-state index in [0.29, 0.717) is 25.3 Å². The molecule has 1 aromatic carbocycles. The number of ether oxygens (including phenoxy) is 2. The highest BCUT2D eigenvalue weighted by atomic mass is 127. The summed E-state index contributed by atoms with van der Waals surface area (Å²) in [5.74, 6) is 0.274. The van der Waals surface area contributed by atoms with E-state index < -0.39 is 11.5 Å². The van der Waals surface area contributed by atoms with Gasteiger partial charge in [-0.25, -0.2) is 19.7 Å². The molecule has 42 heavy (non-hydrogen) atoms. The van der Waals surface area contributed by atoms with Gasteiger partial charge in [-0.1, -0.05) is 30.3 Å². The van der Waals surface area contributed by atoms with E-state index in [9.17, 15) is 9.59 Å². The van der Waals surface area contributed by atoms with Crippen LogP contribution in [0.2, 0.25) is 0 Å². The first kappa shape index (κ1) is 34.1. The lowest BCUT2D eigenvalue weighted by Crippen LogP contribution is -2.23. The lowest BCUT2D eigenvalue weighted by Gasteiger charge is -2.12. The number of methoxy groups -OCH3 is 1. The molecular weight excluding hydrogens is 966 g/mol. The molecule has 0 saturated carbocycles. The summed E-state index contributed by atoms with van der Waals surface area (Å²) in [5, 5.41) is 0. The normalized spacial score (nSPS) is 10.1. The van der Waals surface area contributed by atoms with E-state index in [0.717, 1.165) is 18.1 Å². The van der Waals surface area contributed by atoms with Gasteiger partial charge < -0.3 is 20.9 Å². The number of hydrogen-bond donors (Lipinski definition) is 2. The van der Waals surface area contributed by atoms with Gasteiger partial charge in [-0.3, -0.25) is 9.20 Å². The fourth-order valence-electron chi connectivity index (χ4n) is 3.06. The summed E-state index contributed by atoms with van der Waals surface area (Å²) in [4.78, 5) is 37.0. The van der Waals surface area contributed by atoms with Crippen LogP contribution in [0, 0.1) is 7.14 Å². The molecule has 0 aliphatic carbocycles. The van der Waals surface area contributed by atoms with Gasteiger partial charge in [0, 0.05) is 32.0 Å². The minimum atomic E-state index is -0.721. The Hall–Kier alpha value is -2.35. The van der Waals surface area contributed by atoms with E-state index in [1.54, 1.807) is 30.7 Å². The maximum atomic E-state index is 12.9. The molecule has 0 aliphatic heterocycles. The zero-order valence-corrected chi connectivity index (χ0v) is 30.7. The Morgan fingerprint density at radius 2 is 1.60 bits per heavy atom. The van der Waals surface area contributed by atoms with Crippen molar-refractivity contribution in [3.63, 3.8) is 0 Å². The molecule has 5 rings (SSSR count). The topological polar surface area (TPSA) is 148 Å². The number of anilines is 2. The molecule has 0 fully saturated rings. The zero-order valence-electron chi connectivity index (χ0n) is 21.6. The molecule has 0 amide bonds. The summed E-state index contributed by atoms with van der Waals surface area (Å²) in [6, 6.07) is 16.7. The molecule has 0 spiro atoms. The SMILES string of the molecule is COC(=O)c1nc2c(I)cc(Br)cn2c(=O)c1OCc1ccccc1.Nc1ccc(Br)cn1.Nc1ncc(Br)cc1I. The number of pyridine rings is 3. The number of benzene rings is 1. The van der Waals surface area contributed by atoms with E-state index in [-0.39, 0.29) is 18.1 Å². The Morgan fingerprint density at radius 1 is 0.929 bits per heavy atom. The van der Waals surface area contributed by atoms with Gasteiger partial charge >= 0.3 is 11.5 Å². The van der Waals surface area contributed by atoms with Crippen LogP contribution in [0.25, 0.3) is 5.65 Å². The summed E-state index contributed by atoms with van der Waals surface area (Å²) in [5.41, 5.74) is 11.4. The smallest absolute Gasteiger partial charge is 0.360 e. The maximum absolute atomic E-state index is 12.9. The number of rotatable bonds is 4. The summed E-state index contributed by atoms with van der Waals surface area (Å²) >= 11 is 14.0. The molecule has 0 radical (unpaired) electrons. The van der Waals surface area contributed by atoms with E-state index >= 15 is 0 Å². The van der Waals surface area contributed by atoms with Crippen molar-refractivity contribution in [2.45, 2.75) is 6.61 Å². The highest BCUT2D eigenvalue weighted by Gasteiger charge is 2.22. The number of fused-ring (bicyclic) bond motifs is 1. The second-order valence-electron chi connectivity index (χ2n) is 7.98. The van der Waals surface area contributed by atoms with E-state index in [1.807, 2.05) is 65.1 Å². The summed E-state index contributed by atoms with van der Waals surface area (Å²) in [6.45, 7) is 0.138. The van der Waals surface area contributed by atoms with E-state index in [2.05, 4.69) is 85.3 Å². The Bertz CT molecular complexity index is 1720. The second-order valence-corrected chi connectivity index (χ2v) is 13.1. The van der Waals surface area contributed by atoms with Crippen molar-refractivity contribution >= 4 is 116 Å². The van der Waals surface area contributed by atoms with Crippen molar-refractivity contribution in [2.75, 3.05) is 18.6 Å². The van der Waals surface area contributed by atoms with Gasteiger partial charge in [-0.15, -0.1) is 0 Å². The highest BCUT2D eigenvalue weighted by molar-refractivity contribution is 14.1. The number of carbonyl (C=O) groups is 1. The minimum Gasteiger partial charge on any atom is -0.481 e. The Kier molecular flexibility index (Phi) is 13.4. The molecule has 0 atom stereocenters. The molecule has 0 bridgehead atoms.